The Bertz CT molecular complexity index is 479. The number of rotatable bonds is 1. The molecule has 3 N–H and O–H groups in total. The number of aromatic amines is 1. The maximum Gasteiger partial charge on any atom is 0.488 e. The van der Waals surface area contributed by atoms with Crippen molar-refractivity contribution in [3.05, 3.63) is 23.4 Å². The minimum atomic E-state index is -1.42. The van der Waals surface area contributed by atoms with Gasteiger partial charge in [0.2, 0.25) is 0 Å². The summed E-state index contributed by atoms with van der Waals surface area (Å²) in [6.45, 7) is 3.77. The molecule has 0 radical (unpaired) electrons. The third-order valence-corrected chi connectivity index (χ3v) is 2.48. The van der Waals surface area contributed by atoms with Gasteiger partial charge in [-0.3, -0.25) is 5.10 Å². The number of aryl methyl sites for hydroxylation is 2. The van der Waals surface area contributed by atoms with Crippen LogP contribution in [0, 0.1) is 13.8 Å². The van der Waals surface area contributed by atoms with Gasteiger partial charge >= 0.3 is 7.12 Å². The summed E-state index contributed by atoms with van der Waals surface area (Å²) < 4.78 is 0. The number of nitrogens with one attached hydrogen (secondary N) is 1. The van der Waals surface area contributed by atoms with Crippen LogP contribution in [0.2, 0.25) is 0 Å². The average Bonchev–Trinajstić information content (AvgIpc) is 2.48. The zero-order valence-electron chi connectivity index (χ0n) is 8.07. The smallest absolute Gasteiger partial charge is 0.423 e. The Labute approximate surface area is 81.7 Å². The van der Waals surface area contributed by atoms with Crippen molar-refractivity contribution >= 4 is 23.5 Å². The second-order valence-corrected chi connectivity index (χ2v) is 3.40. The summed E-state index contributed by atoms with van der Waals surface area (Å²) in [5.74, 6) is 0. The first-order chi connectivity index (χ1) is 6.61. The summed E-state index contributed by atoms with van der Waals surface area (Å²) in [6, 6.07) is 3.46. The summed E-state index contributed by atoms with van der Waals surface area (Å²) in [7, 11) is -1.42. The summed E-state index contributed by atoms with van der Waals surface area (Å²) in [5, 5.41) is 26.2. The standard InChI is InChI=1S/C9H11BN2O2/c1-5-7(10(13)14)3-4-8-9(5)6(2)11-12-8/h3-4,13-14H,1-2H3,(H,11,12). The van der Waals surface area contributed by atoms with Crippen LogP contribution in [0.25, 0.3) is 10.9 Å². The highest BCUT2D eigenvalue weighted by atomic mass is 16.4. The van der Waals surface area contributed by atoms with Crippen LogP contribution < -0.4 is 5.46 Å². The molecule has 4 nitrogen and oxygen atoms in total. The zero-order valence-corrected chi connectivity index (χ0v) is 8.07. The molecule has 5 heteroatoms. The van der Waals surface area contributed by atoms with Crippen LogP contribution in [0.3, 0.4) is 0 Å². The van der Waals surface area contributed by atoms with Crippen molar-refractivity contribution in [2.75, 3.05) is 0 Å². The van der Waals surface area contributed by atoms with Gasteiger partial charge in [0, 0.05) is 11.1 Å². The van der Waals surface area contributed by atoms with E-state index < -0.39 is 7.12 Å². The van der Waals surface area contributed by atoms with Crippen molar-refractivity contribution in [3.63, 3.8) is 0 Å². The topological polar surface area (TPSA) is 69.1 Å². The highest BCUT2D eigenvalue weighted by molar-refractivity contribution is 6.59. The molecule has 0 saturated heterocycles. The van der Waals surface area contributed by atoms with E-state index in [9.17, 15) is 0 Å². The molecule has 1 heterocycles. The fourth-order valence-corrected chi connectivity index (χ4v) is 1.76. The number of benzene rings is 1. The summed E-state index contributed by atoms with van der Waals surface area (Å²) in [5.41, 5.74) is 3.19. The lowest BCUT2D eigenvalue weighted by Crippen LogP contribution is -2.32. The van der Waals surface area contributed by atoms with Gasteiger partial charge in [-0.2, -0.15) is 5.10 Å². The SMILES string of the molecule is Cc1[nH]nc2ccc(B(O)O)c(C)c12. The van der Waals surface area contributed by atoms with Gasteiger partial charge in [-0.15, -0.1) is 0 Å². The number of aromatic nitrogens is 2. The van der Waals surface area contributed by atoms with Crippen molar-refractivity contribution in [3.8, 4) is 0 Å². The number of H-pyrrole nitrogens is 1. The molecule has 0 aliphatic carbocycles. The minimum absolute atomic E-state index is 0.530. The van der Waals surface area contributed by atoms with E-state index in [-0.39, 0.29) is 0 Å². The van der Waals surface area contributed by atoms with Crippen molar-refractivity contribution in [1.82, 2.24) is 10.2 Å². The molecule has 2 aromatic rings. The maximum atomic E-state index is 9.12. The monoisotopic (exact) mass is 190 g/mol. The molecular weight excluding hydrogens is 179 g/mol. The molecule has 1 aromatic carbocycles. The third-order valence-electron chi connectivity index (χ3n) is 2.48. The molecule has 2 rings (SSSR count). The molecule has 72 valence electrons. The first-order valence-electron chi connectivity index (χ1n) is 4.41. The molecule has 0 bridgehead atoms. The van der Waals surface area contributed by atoms with E-state index in [2.05, 4.69) is 10.2 Å². The number of hydrogen-bond acceptors (Lipinski definition) is 3. The summed E-state index contributed by atoms with van der Waals surface area (Å²) in [6.07, 6.45) is 0. The molecule has 0 atom stereocenters. The Kier molecular flexibility index (Phi) is 2.05. The van der Waals surface area contributed by atoms with E-state index in [0.717, 1.165) is 22.2 Å². The summed E-state index contributed by atoms with van der Waals surface area (Å²) >= 11 is 0. The second-order valence-electron chi connectivity index (χ2n) is 3.40. The van der Waals surface area contributed by atoms with E-state index in [4.69, 9.17) is 10.0 Å². The zero-order chi connectivity index (χ0) is 10.3. The fourth-order valence-electron chi connectivity index (χ4n) is 1.76. The predicted octanol–water partition coefficient (Wildman–Crippen LogP) is -0.140. The maximum absolute atomic E-state index is 9.12. The molecule has 14 heavy (non-hydrogen) atoms. The van der Waals surface area contributed by atoms with Crippen molar-refractivity contribution in [2.45, 2.75) is 13.8 Å². The predicted molar refractivity (Wildman–Crippen MR) is 55.4 cm³/mol. The van der Waals surface area contributed by atoms with Crippen LogP contribution in [0.15, 0.2) is 12.1 Å². The van der Waals surface area contributed by atoms with Crippen LogP contribution in [0.4, 0.5) is 0 Å². The van der Waals surface area contributed by atoms with E-state index in [1.807, 2.05) is 13.8 Å². The Morgan fingerprint density at radius 2 is 2.00 bits per heavy atom. The van der Waals surface area contributed by atoms with E-state index in [0.29, 0.717) is 5.46 Å². The molecular formula is C9H11BN2O2. The lowest BCUT2D eigenvalue weighted by molar-refractivity contribution is 0.425. The Morgan fingerprint density at radius 3 is 2.64 bits per heavy atom. The normalized spacial score (nSPS) is 10.9. The molecule has 0 aliphatic heterocycles. The van der Waals surface area contributed by atoms with Gasteiger partial charge in [-0.25, -0.2) is 0 Å². The quantitative estimate of drug-likeness (QED) is 0.548. The van der Waals surface area contributed by atoms with Crippen LogP contribution in [-0.4, -0.2) is 27.4 Å². The molecule has 0 aliphatic rings. The average molecular weight is 190 g/mol. The van der Waals surface area contributed by atoms with Gasteiger partial charge in [0.05, 0.1) is 5.52 Å². The third kappa shape index (κ3) is 1.22. The fraction of sp³-hybridized carbons (Fsp3) is 0.222. The lowest BCUT2D eigenvalue weighted by atomic mass is 9.76. The number of nitrogens with zero attached hydrogens (tertiary/aromatic N) is 1. The second kappa shape index (κ2) is 3.11. The highest BCUT2D eigenvalue weighted by Gasteiger charge is 2.17. The lowest BCUT2D eigenvalue weighted by Gasteiger charge is -2.05. The first-order valence-corrected chi connectivity index (χ1v) is 4.41. The first kappa shape index (κ1) is 9.24. The number of hydrogen-bond donors (Lipinski definition) is 3. The van der Waals surface area contributed by atoms with Gasteiger partial charge < -0.3 is 10.0 Å². The van der Waals surface area contributed by atoms with Gasteiger partial charge in [-0.05, 0) is 30.9 Å². The highest BCUT2D eigenvalue weighted by Crippen LogP contribution is 2.17. The molecule has 0 amide bonds. The van der Waals surface area contributed by atoms with Crippen LogP contribution >= 0.6 is 0 Å². The Morgan fingerprint density at radius 1 is 1.29 bits per heavy atom. The van der Waals surface area contributed by atoms with E-state index in [1.54, 1.807) is 12.1 Å². The van der Waals surface area contributed by atoms with Crippen LogP contribution in [0.5, 0.6) is 0 Å². The van der Waals surface area contributed by atoms with Gasteiger partial charge in [0.15, 0.2) is 0 Å². The molecule has 1 aromatic heterocycles. The molecule has 0 fully saturated rings. The van der Waals surface area contributed by atoms with Crippen molar-refractivity contribution in [1.29, 1.82) is 0 Å². The minimum Gasteiger partial charge on any atom is -0.423 e. The molecule has 0 unspecified atom stereocenters. The van der Waals surface area contributed by atoms with Crippen molar-refractivity contribution < 1.29 is 10.0 Å². The Hall–Kier alpha value is -1.33. The summed E-state index contributed by atoms with van der Waals surface area (Å²) in [4.78, 5) is 0. The van der Waals surface area contributed by atoms with E-state index in [1.165, 1.54) is 0 Å². The molecule has 0 spiro atoms. The number of fused-ring (bicyclic) bond motifs is 1. The van der Waals surface area contributed by atoms with Crippen molar-refractivity contribution in [2.24, 2.45) is 0 Å². The van der Waals surface area contributed by atoms with Gasteiger partial charge in [-0.1, -0.05) is 6.07 Å². The van der Waals surface area contributed by atoms with Crippen LogP contribution in [0.1, 0.15) is 11.3 Å². The van der Waals surface area contributed by atoms with Gasteiger partial charge in [0.1, 0.15) is 0 Å². The van der Waals surface area contributed by atoms with Gasteiger partial charge in [0.25, 0.3) is 0 Å². The Balaban J connectivity index is 2.79. The molecule has 0 saturated carbocycles. The largest absolute Gasteiger partial charge is 0.488 e. The van der Waals surface area contributed by atoms with Crippen LogP contribution in [-0.2, 0) is 0 Å². The van der Waals surface area contributed by atoms with E-state index >= 15 is 0 Å².